The minimum Gasteiger partial charge on any atom is -0.469 e. The highest BCUT2D eigenvalue weighted by atomic mass is 16.5. The van der Waals surface area contributed by atoms with E-state index in [1.54, 1.807) is 7.11 Å². The lowest BCUT2D eigenvalue weighted by Crippen LogP contribution is -2.66. The molecule has 0 aromatic heterocycles. The van der Waals surface area contributed by atoms with Crippen LogP contribution in [-0.2, 0) is 23.9 Å². The zero-order chi connectivity index (χ0) is 31.6. The summed E-state index contributed by atoms with van der Waals surface area (Å²) in [6.45, 7) is 20.2. The predicted octanol–water partition coefficient (Wildman–Crippen LogP) is 7.30. The number of fused-ring (bicyclic) bond motifs is 7. The molecule has 6 nitrogen and oxygen atoms in total. The third kappa shape index (κ3) is 4.77. The molecule has 0 saturated heterocycles. The molecule has 0 radical (unpaired) electrons. The van der Waals surface area contributed by atoms with E-state index < -0.39 is 16.7 Å². The second-order valence-electron chi connectivity index (χ2n) is 17.0. The number of Topliss-reactive ketones (excluding diaryl/α,β-unsaturated/α-hetero) is 1. The van der Waals surface area contributed by atoms with Crippen LogP contribution in [0.25, 0.3) is 0 Å². The average Bonchev–Trinajstić information content (AvgIpc) is 2.94. The summed E-state index contributed by atoms with van der Waals surface area (Å²) in [5.41, 5.74) is 0.610. The van der Waals surface area contributed by atoms with Gasteiger partial charge in [-0.1, -0.05) is 60.1 Å². The Kier molecular flexibility index (Phi) is 8.35. The molecule has 4 saturated carbocycles. The number of amides is 1. The number of ketones is 1. The maximum atomic E-state index is 14.0. The molecule has 0 bridgehead atoms. The number of methoxy groups -OCH3 is 1. The van der Waals surface area contributed by atoms with Crippen molar-refractivity contribution in [3.63, 3.8) is 0 Å². The lowest BCUT2D eigenvalue weighted by molar-refractivity contribution is -0.196. The van der Waals surface area contributed by atoms with Crippen LogP contribution in [0.2, 0.25) is 0 Å². The molecular formula is C37H59NO5. The van der Waals surface area contributed by atoms with Crippen molar-refractivity contribution >= 4 is 17.7 Å². The molecule has 242 valence electrons. The minimum atomic E-state index is -0.610. The van der Waals surface area contributed by atoms with Crippen molar-refractivity contribution in [1.29, 1.82) is 0 Å². The van der Waals surface area contributed by atoms with E-state index in [2.05, 4.69) is 59.9 Å². The van der Waals surface area contributed by atoms with Crippen molar-refractivity contribution < 1.29 is 23.9 Å². The lowest BCUT2D eigenvalue weighted by atomic mass is 9.33. The van der Waals surface area contributed by atoms with Crippen LogP contribution in [0.15, 0.2) is 11.6 Å². The molecule has 1 N–H and O–H groups in total. The molecule has 8 atom stereocenters. The van der Waals surface area contributed by atoms with Gasteiger partial charge in [-0.2, -0.15) is 0 Å². The first-order valence-electron chi connectivity index (χ1n) is 17.2. The Morgan fingerprint density at radius 2 is 1.65 bits per heavy atom. The first kappa shape index (κ1) is 32.7. The largest absolute Gasteiger partial charge is 0.469 e. The van der Waals surface area contributed by atoms with Gasteiger partial charge in [-0.25, -0.2) is 0 Å². The van der Waals surface area contributed by atoms with Gasteiger partial charge in [0, 0.05) is 25.2 Å². The normalized spacial score (nSPS) is 42.8. The van der Waals surface area contributed by atoms with E-state index in [1.165, 1.54) is 5.57 Å². The SMILES string of the molecule is CCOCCCNC(=O)C1CC2(C)C(CCC3(C)C2CC=C2C4CC(C)(C)CCC4(C(=O)OC)CCC23C)C(C)(C)C1=O. The molecule has 0 aromatic carbocycles. The fourth-order valence-corrected chi connectivity index (χ4v) is 11.7. The summed E-state index contributed by atoms with van der Waals surface area (Å²) in [5, 5.41) is 3.09. The first-order valence-corrected chi connectivity index (χ1v) is 17.2. The summed E-state index contributed by atoms with van der Waals surface area (Å²) in [5.74, 6) is 0.218. The Morgan fingerprint density at radius 1 is 0.953 bits per heavy atom. The van der Waals surface area contributed by atoms with Gasteiger partial charge < -0.3 is 14.8 Å². The highest BCUT2D eigenvalue weighted by Crippen LogP contribution is 2.75. The molecule has 5 aliphatic rings. The Morgan fingerprint density at radius 3 is 2.33 bits per heavy atom. The van der Waals surface area contributed by atoms with Gasteiger partial charge in [-0.05, 0) is 111 Å². The molecule has 6 heteroatoms. The van der Waals surface area contributed by atoms with E-state index >= 15 is 0 Å². The van der Waals surface area contributed by atoms with Crippen molar-refractivity contribution in [2.75, 3.05) is 26.9 Å². The number of allylic oxidation sites excluding steroid dienone is 2. The maximum Gasteiger partial charge on any atom is 0.312 e. The monoisotopic (exact) mass is 597 g/mol. The van der Waals surface area contributed by atoms with E-state index in [-0.39, 0.29) is 51.2 Å². The van der Waals surface area contributed by atoms with Crippen LogP contribution < -0.4 is 5.32 Å². The third-order valence-electron chi connectivity index (χ3n) is 14.2. The van der Waals surface area contributed by atoms with Gasteiger partial charge in [0.2, 0.25) is 5.91 Å². The lowest BCUT2D eigenvalue weighted by Gasteiger charge is -2.71. The van der Waals surface area contributed by atoms with Gasteiger partial charge >= 0.3 is 5.97 Å². The molecule has 0 spiro atoms. The number of ether oxygens (including phenoxy) is 2. The number of hydrogen-bond acceptors (Lipinski definition) is 5. The summed E-state index contributed by atoms with van der Waals surface area (Å²) in [7, 11) is 1.56. The molecule has 1 amide bonds. The summed E-state index contributed by atoms with van der Waals surface area (Å²) < 4.78 is 11.0. The molecule has 8 unspecified atom stereocenters. The molecule has 5 rings (SSSR count). The summed E-state index contributed by atoms with van der Waals surface area (Å²) >= 11 is 0. The Hall–Kier alpha value is -1.69. The fourth-order valence-electron chi connectivity index (χ4n) is 11.7. The molecule has 43 heavy (non-hydrogen) atoms. The Labute approximate surface area is 260 Å². The van der Waals surface area contributed by atoms with Crippen molar-refractivity contribution in [2.45, 2.75) is 120 Å². The zero-order valence-corrected chi connectivity index (χ0v) is 28.6. The smallest absolute Gasteiger partial charge is 0.312 e. The van der Waals surface area contributed by atoms with Crippen LogP contribution in [0.1, 0.15) is 120 Å². The standard InChI is InChI=1S/C37H59NO5/c1-10-43-21-11-20-38-30(40)24-22-34(6)27(33(4,5)29(24)39)14-15-36(8)28(34)13-12-25-26-23-32(2,3)16-18-37(26,31(41)42-9)19-17-35(25,36)7/h12,24,26-28H,10-11,13-23H2,1-9H3,(H,38,40). The summed E-state index contributed by atoms with van der Waals surface area (Å²) in [6, 6.07) is 0. The Bertz CT molecular complexity index is 1170. The molecule has 5 aliphatic carbocycles. The first-order chi connectivity index (χ1) is 20.0. The van der Waals surface area contributed by atoms with Crippen molar-refractivity contribution in [3.05, 3.63) is 11.6 Å². The van der Waals surface area contributed by atoms with E-state index in [0.717, 1.165) is 57.8 Å². The van der Waals surface area contributed by atoms with Crippen LogP contribution in [0, 0.1) is 56.2 Å². The average molecular weight is 598 g/mol. The minimum absolute atomic E-state index is 0.0125. The van der Waals surface area contributed by atoms with Crippen LogP contribution in [-0.4, -0.2) is 44.5 Å². The summed E-state index contributed by atoms with van der Waals surface area (Å²) in [4.78, 5) is 41.1. The second kappa shape index (κ2) is 11.0. The van der Waals surface area contributed by atoms with Crippen LogP contribution in [0.4, 0.5) is 0 Å². The van der Waals surface area contributed by atoms with Gasteiger partial charge in [-0.3, -0.25) is 14.4 Å². The second-order valence-corrected chi connectivity index (χ2v) is 17.0. The number of nitrogens with one attached hydrogen (secondary N) is 1. The van der Waals surface area contributed by atoms with E-state index in [0.29, 0.717) is 32.1 Å². The van der Waals surface area contributed by atoms with E-state index in [9.17, 15) is 14.4 Å². The number of carbonyl (C=O) groups excluding carboxylic acids is 3. The van der Waals surface area contributed by atoms with Gasteiger partial charge in [-0.15, -0.1) is 0 Å². The van der Waals surface area contributed by atoms with Gasteiger partial charge in [0.15, 0.2) is 5.78 Å². The van der Waals surface area contributed by atoms with Crippen molar-refractivity contribution in [2.24, 2.45) is 56.2 Å². The summed E-state index contributed by atoms with van der Waals surface area (Å²) in [6.07, 6.45) is 11.8. The van der Waals surface area contributed by atoms with Crippen LogP contribution >= 0.6 is 0 Å². The quantitative estimate of drug-likeness (QED) is 0.144. The van der Waals surface area contributed by atoms with Crippen molar-refractivity contribution in [3.8, 4) is 0 Å². The zero-order valence-electron chi connectivity index (χ0n) is 28.6. The van der Waals surface area contributed by atoms with Crippen LogP contribution in [0.5, 0.6) is 0 Å². The topological polar surface area (TPSA) is 81.7 Å². The highest BCUT2D eigenvalue weighted by Gasteiger charge is 2.70. The number of hydrogen-bond donors (Lipinski definition) is 1. The molecule has 4 fully saturated rings. The Balaban J connectivity index is 1.50. The molecular weight excluding hydrogens is 538 g/mol. The van der Waals surface area contributed by atoms with E-state index in [1.807, 2.05) is 6.92 Å². The maximum absolute atomic E-state index is 14.0. The fraction of sp³-hybridized carbons (Fsp3) is 0.865. The number of esters is 1. The molecule has 0 heterocycles. The van der Waals surface area contributed by atoms with Crippen molar-refractivity contribution in [1.82, 2.24) is 5.32 Å². The predicted molar refractivity (Wildman–Crippen MR) is 169 cm³/mol. The number of carbonyl (C=O) groups is 3. The van der Waals surface area contributed by atoms with E-state index in [4.69, 9.17) is 9.47 Å². The van der Waals surface area contributed by atoms with Crippen LogP contribution in [0.3, 0.4) is 0 Å². The number of rotatable bonds is 7. The highest BCUT2D eigenvalue weighted by molar-refractivity contribution is 6.04. The molecule has 0 aliphatic heterocycles. The molecule has 0 aromatic rings. The van der Waals surface area contributed by atoms with Gasteiger partial charge in [0.1, 0.15) is 0 Å². The van der Waals surface area contributed by atoms with Gasteiger partial charge in [0.25, 0.3) is 0 Å². The third-order valence-corrected chi connectivity index (χ3v) is 14.2. The van der Waals surface area contributed by atoms with Gasteiger partial charge in [0.05, 0.1) is 18.4 Å².